The van der Waals surface area contributed by atoms with E-state index in [9.17, 15) is 13.2 Å². The summed E-state index contributed by atoms with van der Waals surface area (Å²) in [5, 5.41) is -0.0662. The van der Waals surface area contributed by atoms with Gasteiger partial charge in [-0.1, -0.05) is 0 Å². The van der Waals surface area contributed by atoms with Gasteiger partial charge in [-0.15, -0.1) is 0 Å². The summed E-state index contributed by atoms with van der Waals surface area (Å²) in [6.45, 7) is 1.75. The molecule has 0 saturated carbocycles. The van der Waals surface area contributed by atoms with Gasteiger partial charge < -0.3 is 9.30 Å². The van der Waals surface area contributed by atoms with Crippen molar-refractivity contribution in [3.05, 3.63) is 35.4 Å². The Morgan fingerprint density at radius 3 is 2.67 bits per heavy atom. The van der Waals surface area contributed by atoms with Crippen LogP contribution in [-0.4, -0.2) is 26.1 Å². The lowest BCUT2D eigenvalue weighted by Crippen LogP contribution is -2.09. The van der Waals surface area contributed by atoms with E-state index < -0.39 is 11.7 Å². The molecule has 9 heteroatoms. The van der Waals surface area contributed by atoms with Gasteiger partial charge in [0.15, 0.2) is 5.65 Å². The number of alkyl halides is 3. The monoisotopic (exact) mass is 356 g/mol. The van der Waals surface area contributed by atoms with Crippen LogP contribution >= 0.6 is 11.6 Å². The smallest absolute Gasteiger partial charge is 0.419 e. The maximum atomic E-state index is 13.3. The Morgan fingerprint density at radius 2 is 2.00 bits per heavy atom. The van der Waals surface area contributed by atoms with E-state index in [-0.39, 0.29) is 28.9 Å². The zero-order valence-corrected chi connectivity index (χ0v) is 13.5. The highest BCUT2D eigenvalue weighted by molar-refractivity contribution is 6.28. The van der Waals surface area contributed by atoms with E-state index in [1.165, 1.54) is 18.5 Å². The van der Waals surface area contributed by atoms with Gasteiger partial charge in [0.25, 0.3) is 0 Å². The van der Waals surface area contributed by atoms with Gasteiger partial charge in [0.2, 0.25) is 5.28 Å². The molecule has 2 heterocycles. The molecule has 0 spiro atoms. The Hall–Kier alpha value is -2.35. The summed E-state index contributed by atoms with van der Waals surface area (Å²) in [6.07, 6.45) is -3.06. The molecule has 2 aromatic heterocycles. The van der Waals surface area contributed by atoms with Crippen molar-refractivity contribution in [3.63, 3.8) is 0 Å². The van der Waals surface area contributed by atoms with Crippen LogP contribution in [0.25, 0.3) is 22.4 Å². The second-order valence-corrected chi connectivity index (χ2v) is 5.35. The zero-order chi connectivity index (χ0) is 17.5. The van der Waals surface area contributed by atoms with Gasteiger partial charge in [-0.05, 0) is 36.7 Å². The number of hydrogen-bond acceptors (Lipinski definition) is 4. The molecule has 0 N–H and O–H groups in total. The summed E-state index contributed by atoms with van der Waals surface area (Å²) in [7, 11) is 1.71. The van der Waals surface area contributed by atoms with E-state index in [1.54, 1.807) is 18.5 Å². The molecule has 0 fully saturated rings. The summed E-state index contributed by atoms with van der Waals surface area (Å²) in [5.74, 6) is -0.230. The number of benzene rings is 1. The quantitative estimate of drug-likeness (QED) is 0.663. The predicted molar refractivity (Wildman–Crippen MR) is 82.9 cm³/mol. The molecule has 3 aromatic rings. The van der Waals surface area contributed by atoms with Crippen molar-refractivity contribution in [2.24, 2.45) is 7.05 Å². The van der Waals surface area contributed by atoms with Crippen molar-refractivity contribution in [3.8, 4) is 17.0 Å². The van der Waals surface area contributed by atoms with Crippen LogP contribution in [0, 0.1) is 0 Å². The summed E-state index contributed by atoms with van der Waals surface area (Å²) < 4.78 is 46.6. The minimum atomic E-state index is -4.55. The Kier molecular flexibility index (Phi) is 4.08. The molecule has 0 unspecified atom stereocenters. The number of nitrogens with zero attached hydrogens (tertiary/aromatic N) is 4. The van der Waals surface area contributed by atoms with Gasteiger partial charge in [-0.25, -0.2) is 9.97 Å². The zero-order valence-electron chi connectivity index (χ0n) is 12.7. The van der Waals surface area contributed by atoms with Crippen LogP contribution in [0.4, 0.5) is 13.2 Å². The molecule has 0 aliphatic carbocycles. The fourth-order valence-electron chi connectivity index (χ4n) is 2.36. The third-order valence-electron chi connectivity index (χ3n) is 3.39. The van der Waals surface area contributed by atoms with E-state index in [0.29, 0.717) is 11.2 Å². The molecule has 0 aliphatic rings. The lowest BCUT2D eigenvalue weighted by Gasteiger charge is -2.14. The Labute approximate surface area is 140 Å². The van der Waals surface area contributed by atoms with Gasteiger partial charge in [-0.2, -0.15) is 18.2 Å². The SMILES string of the molecule is CCOc1ccc(-c2nc(Cl)nc3c2ncn3C)cc1C(F)(F)F. The van der Waals surface area contributed by atoms with Crippen molar-refractivity contribution in [2.45, 2.75) is 13.1 Å². The molecule has 3 rings (SSSR count). The van der Waals surface area contributed by atoms with Crippen molar-refractivity contribution < 1.29 is 17.9 Å². The van der Waals surface area contributed by atoms with Crippen LogP contribution < -0.4 is 4.74 Å². The molecular weight excluding hydrogens is 345 g/mol. The maximum absolute atomic E-state index is 13.3. The van der Waals surface area contributed by atoms with Crippen molar-refractivity contribution in [2.75, 3.05) is 6.61 Å². The second kappa shape index (κ2) is 5.94. The van der Waals surface area contributed by atoms with Gasteiger partial charge in [0, 0.05) is 12.6 Å². The fraction of sp³-hybridized carbons (Fsp3) is 0.267. The van der Waals surface area contributed by atoms with Gasteiger partial charge in [0.05, 0.1) is 18.5 Å². The Morgan fingerprint density at radius 1 is 1.25 bits per heavy atom. The van der Waals surface area contributed by atoms with Crippen LogP contribution in [0.5, 0.6) is 5.75 Å². The number of fused-ring (bicyclic) bond motifs is 1. The number of hydrogen-bond donors (Lipinski definition) is 0. The Bertz CT molecular complexity index is 908. The standard InChI is InChI=1S/C15H12ClF3N4O/c1-3-24-10-5-4-8(6-9(10)15(17,18)19)11-12-13(22-14(16)21-11)23(2)7-20-12/h4-7H,3H2,1-2H3. The van der Waals surface area contributed by atoms with Crippen LogP contribution in [0.1, 0.15) is 12.5 Å². The summed E-state index contributed by atoms with van der Waals surface area (Å²) in [5.41, 5.74) is 0.408. The molecule has 5 nitrogen and oxygen atoms in total. The van der Waals surface area contributed by atoms with Crippen LogP contribution in [0.3, 0.4) is 0 Å². The van der Waals surface area contributed by atoms with E-state index >= 15 is 0 Å². The first-order valence-corrected chi connectivity index (χ1v) is 7.38. The summed E-state index contributed by atoms with van der Waals surface area (Å²) in [6, 6.07) is 3.75. The highest BCUT2D eigenvalue weighted by Gasteiger charge is 2.35. The first kappa shape index (κ1) is 16.5. The van der Waals surface area contributed by atoms with E-state index in [2.05, 4.69) is 15.0 Å². The minimum Gasteiger partial charge on any atom is -0.493 e. The second-order valence-electron chi connectivity index (χ2n) is 5.01. The van der Waals surface area contributed by atoms with Crippen molar-refractivity contribution >= 4 is 22.8 Å². The lowest BCUT2D eigenvalue weighted by atomic mass is 10.1. The molecule has 0 aliphatic heterocycles. The van der Waals surface area contributed by atoms with Crippen LogP contribution in [0.15, 0.2) is 24.5 Å². The molecule has 0 radical (unpaired) electrons. The van der Waals surface area contributed by atoms with Crippen molar-refractivity contribution in [1.82, 2.24) is 19.5 Å². The molecular formula is C15H12ClF3N4O. The summed E-state index contributed by atoms with van der Waals surface area (Å²) in [4.78, 5) is 12.3. The van der Waals surface area contributed by atoms with Crippen molar-refractivity contribution in [1.29, 1.82) is 0 Å². The highest BCUT2D eigenvalue weighted by Crippen LogP contribution is 2.39. The number of rotatable bonds is 3. The molecule has 24 heavy (non-hydrogen) atoms. The third-order valence-corrected chi connectivity index (χ3v) is 3.56. The number of ether oxygens (including phenoxy) is 1. The van der Waals surface area contributed by atoms with Crippen LogP contribution in [0.2, 0.25) is 5.28 Å². The first-order valence-electron chi connectivity index (χ1n) is 7.00. The molecule has 1 aromatic carbocycles. The number of halogens is 4. The normalized spacial score (nSPS) is 11.9. The predicted octanol–water partition coefficient (Wildman–Crippen LogP) is 4.10. The van der Waals surface area contributed by atoms with Gasteiger partial charge in [-0.3, -0.25) is 0 Å². The number of aryl methyl sites for hydroxylation is 1. The highest BCUT2D eigenvalue weighted by atomic mass is 35.5. The average molecular weight is 357 g/mol. The fourth-order valence-corrected chi connectivity index (χ4v) is 2.53. The number of imidazole rings is 1. The molecule has 0 saturated heterocycles. The number of aromatic nitrogens is 4. The molecule has 0 bridgehead atoms. The molecule has 0 atom stereocenters. The average Bonchev–Trinajstić information content (AvgIpc) is 2.87. The Balaban J connectivity index is 2.24. The van der Waals surface area contributed by atoms with E-state index in [1.807, 2.05) is 0 Å². The largest absolute Gasteiger partial charge is 0.493 e. The molecule has 126 valence electrons. The molecule has 0 amide bonds. The van der Waals surface area contributed by atoms with E-state index in [4.69, 9.17) is 16.3 Å². The summed E-state index contributed by atoms with van der Waals surface area (Å²) >= 11 is 5.90. The van der Waals surface area contributed by atoms with Gasteiger partial charge >= 0.3 is 6.18 Å². The first-order chi connectivity index (χ1) is 11.3. The third kappa shape index (κ3) is 2.89. The lowest BCUT2D eigenvalue weighted by molar-refractivity contribution is -0.138. The maximum Gasteiger partial charge on any atom is 0.419 e. The van der Waals surface area contributed by atoms with E-state index in [0.717, 1.165) is 6.07 Å². The topological polar surface area (TPSA) is 52.8 Å². The van der Waals surface area contributed by atoms with Gasteiger partial charge in [0.1, 0.15) is 17.0 Å². The van der Waals surface area contributed by atoms with Crippen LogP contribution in [-0.2, 0) is 13.2 Å². The minimum absolute atomic E-state index is 0.0662.